The average Bonchev–Trinajstić information content (AvgIpc) is 2.96. The van der Waals surface area contributed by atoms with Crippen LogP contribution in [0.1, 0.15) is 37.2 Å². The number of hydrogen-bond acceptors (Lipinski definition) is 3. The van der Waals surface area contributed by atoms with E-state index in [1.807, 2.05) is 18.3 Å². The summed E-state index contributed by atoms with van der Waals surface area (Å²) >= 11 is 6.17. The predicted molar refractivity (Wildman–Crippen MR) is 90.1 cm³/mol. The highest BCUT2D eigenvalue weighted by Gasteiger charge is 2.25. The lowest BCUT2D eigenvalue weighted by Crippen LogP contribution is -2.45. The molecule has 5 heteroatoms. The second-order valence-electron chi connectivity index (χ2n) is 6.11. The molecule has 0 bridgehead atoms. The van der Waals surface area contributed by atoms with Gasteiger partial charge in [0.1, 0.15) is 0 Å². The van der Waals surface area contributed by atoms with Gasteiger partial charge in [-0.15, -0.1) is 0 Å². The van der Waals surface area contributed by atoms with Gasteiger partial charge in [0.15, 0.2) is 0 Å². The second-order valence-corrected chi connectivity index (χ2v) is 6.54. The van der Waals surface area contributed by atoms with Gasteiger partial charge in [0.2, 0.25) is 0 Å². The fourth-order valence-corrected chi connectivity index (χ4v) is 3.32. The average molecular weight is 319 g/mol. The molecule has 1 unspecified atom stereocenters. The molecule has 22 heavy (non-hydrogen) atoms. The van der Waals surface area contributed by atoms with Gasteiger partial charge < -0.3 is 5.32 Å². The standard InChI is InChI=1S/C17H23ClN4/c1-13(2)22-16(6-7-20-22)12-21-9-8-19-11-17(21)14-4-3-5-15(18)10-14/h3-7,10,13,17,19H,8-9,11-12H2,1-2H3. The lowest BCUT2D eigenvalue weighted by Gasteiger charge is -2.36. The van der Waals surface area contributed by atoms with Crippen LogP contribution in [0.3, 0.4) is 0 Å². The molecule has 118 valence electrons. The van der Waals surface area contributed by atoms with E-state index in [2.05, 4.69) is 52.0 Å². The fraction of sp³-hybridized carbons (Fsp3) is 0.471. The van der Waals surface area contributed by atoms with Crippen molar-refractivity contribution in [1.29, 1.82) is 0 Å². The van der Waals surface area contributed by atoms with E-state index in [0.717, 1.165) is 31.2 Å². The topological polar surface area (TPSA) is 33.1 Å². The van der Waals surface area contributed by atoms with Crippen LogP contribution in [0.15, 0.2) is 36.5 Å². The third kappa shape index (κ3) is 3.35. The highest BCUT2D eigenvalue weighted by molar-refractivity contribution is 6.30. The van der Waals surface area contributed by atoms with E-state index in [0.29, 0.717) is 12.1 Å². The normalized spacial score (nSPS) is 19.7. The van der Waals surface area contributed by atoms with Crippen molar-refractivity contribution >= 4 is 11.6 Å². The summed E-state index contributed by atoms with van der Waals surface area (Å²) in [5, 5.41) is 8.74. The molecule has 2 heterocycles. The summed E-state index contributed by atoms with van der Waals surface area (Å²) in [6.07, 6.45) is 1.89. The summed E-state index contributed by atoms with van der Waals surface area (Å²) in [6, 6.07) is 11.1. The van der Waals surface area contributed by atoms with E-state index in [4.69, 9.17) is 11.6 Å². The van der Waals surface area contributed by atoms with Crippen molar-refractivity contribution in [2.75, 3.05) is 19.6 Å². The summed E-state index contributed by atoms with van der Waals surface area (Å²) in [5.74, 6) is 0. The zero-order chi connectivity index (χ0) is 15.5. The Morgan fingerprint density at radius 1 is 1.36 bits per heavy atom. The van der Waals surface area contributed by atoms with Crippen molar-refractivity contribution in [3.8, 4) is 0 Å². The van der Waals surface area contributed by atoms with Gasteiger partial charge in [0.25, 0.3) is 0 Å². The minimum Gasteiger partial charge on any atom is -0.314 e. The summed E-state index contributed by atoms with van der Waals surface area (Å²) in [6.45, 7) is 8.26. The number of nitrogens with zero attached hydrogens (tertiary/aromatic N) is 3. The van der Waals surface area contributed by atoms with Gasteiger partial charge in [0.05, 0.1) is 5.69 Å². The maximum Gasteiger partial charge on any atom is 0.0527 e. The minimum atomic E-state index is 0.350. The first-order valence-corrected chi connectivity index (χ1v) is 8.25. The highest BCUT2D eigenvalue weighted by Crippen LogP contribution is 2.26. The highest BCUT2D eigenvalue weighted by atomic mass is 35.5. The van der Waals surface area contributed by atoms with Crippen molar-refractivity contribution in [3.05, 3.63) is 52.8 Å². The molecule has 1 aliphatic rings. The monoisotopic (exact) mass is 318 g/mol. The smallest absolute Gasteiger partial charge is 0.0527 e. The van der Waals surface area contributed by atoms with Gasteiger partial charge in [-0.3, -0.25) is 9.58 Å². The first-order chi connectivity index (χ1) is 10.6. The molecule has 1 aliphatic heterocycles. The molecule has 1 fully saturated rings. The lowest BCUT2D eigenvalue weighted by atomic mass is 10.0. The zero-order valence-electron chi connectivity index (χ0n) is 13.2. The van der Waals surface area contributed by atoms with Gasteiger partial charge in [-0.1, -0.05) is 23.7 Å². The van der Waals surface area contributed by atoms with E-state index in [-0.39, 0.29) is 0 Å². The van der Waals surface area contributed by atoms with Gasteiger partial charge in [0, 0.05) is 49.5 Å². The van der Waals surface area contributed by atoms with Crippen LogP contribution in [-0.2, 0) is 6.54 Å². The van der Waals surface area contributed by atoms with Crippen molar-refractivity contribution in [3.63, 3.8) is 0 Å². The number of benzene rings is 1. The number of piperazine rings is 1. The summed E-state index contributed by atoms with van der Waals surface area (Å²) in [4.78, 5) is 2.51. The maximum atomic E-state index is 6.17. The van der Waals surface area contributed by atoms with Crippen molar-refractivity contribution in [2.45, 2.75) is 32.5 Å². The Morgan fingerprint density at radius 3 is 3.00 bits per heavy atom. The molecular formula is C17H23ClN4. The summed E-state index contributed by atoms with van der Waals surface area (Å²) in [7, 11) is 0. The molecular weight excluding hydrogens is 296 g/mol. The molecule has 0 aliphatic carbocycles. The molecule has 0 saturated carbocycles. The lowest BCUT2D eigenvalue weighted by molar-refractivity contribution is 0.148. The van der Waals surface area contributed by atoms with E-state index in [1.54, 1.807) is 0 Å². The molecule has 1 aromatic heterocycles. The maximum absolute atomic E-state index is 6.17. The molecule has 1 N–H and O–H groups in total. The number of hydrogen-bond donors (Lipinski definition) is 1. The van der Waals surface area contributed by atoms with Crippen LogP contribution in [-0.4, -0.2) is 34.3 Å². The van der Waals surface area contributed by atoms with E-state index in [9.17, 15) is 0 Å². The molecule has 1 atom stereocenters. The quantitative estimate of drug-likeness (QED) is 0.939. The predicted octanol–water partition coefficient (Wildman–Crippen LogP) is 3.26. The SMILES string of the molecule is CC(C)n1nccc1CN1CCNCC1c1cccc(Cl)c1. The van der Waals surface area contributed by atoms with Crippen LogP contribution in [0, 0.1) is 0 Å². The first-order valence-electron chi connectivity index (χ1n) is 7.88. The van der Waals surface area contributed by atoms with E-state index < -0.39 is 0 Å². The van der Waals surface area contributed by atoms with Gasteiger partial charge in [-0.2, -0.15) is 5.10 Å². The Hall–Kier alpha value is -1.36. The molecule has 1 aromatic carbocycles. The van der Waals surface area contributed by atoms with Gasteiger partial charge >= 0.3 is 0 Å². The number of halogens is 1. The second kappa shape index (κ2) is 6.82. The summed E-state index contributed by atoms with van der Waals surface area (Å²) < 4.78 is 2.11. The molecule has 2 aromatic rings. The molecule has 0 amide bonds. The fourth-order valence-electron chi connectivity index (χ4n) is 3.12. The van der Waals surface area contributed by atoms with Crippen molar-refractivity contribution in [1.82, 2.24) is 20.0 Å². The molecule has 4 nitrogen and oxygen atoms in total. The van der Waals surface area contributed by atoms with Crippen LogP contribution in [0.5, 0.6) is 0 Å². The van der Waals surface area contributed by atoms with Crippen LogP contribution < -0.4 is 5.32 Å². The molecule has 0 radical (unpaired) electrons. The van der Waals surface area contributed by atoms with Crippen LogP contribution in [0.2, 0.25) is 5.02 Å². The van der Waals surface area contributed by atoms with Gasteiger partial charge in [-0.05, 0) is 37.6 Å². The van der Waals surface area contributed by atoms with Crippen LogP contribution in [0.25, 0.3) is 0 Å². The van der Waals surface area contributed by atoms with Crippen LogP contribution in [0.4, 0.5) is 0 Å². The third-order valence-corrected chi connectivity index (χ3v) is 4.43. The van der Waals surface area contributed by atoms with Crippen molar-refractivity contribution in [2.24, 2.45) is 0 Å². The van der Waals surface area contributed by atoms with Gasteiger partial charge in [-0.25, -0.2) is 0 Å². The summed E-state index contributed by atoms with van der Waals surface area (Å²) in [5.41, 5.74) is 2.54. The number of rotatable bonds is 4. The Kier molecular flexibility index (Phi) is 4.81. The number of aromatic nitrogens is 2. The molecule has 0 spiro atoms. The van der Waals surface area contributed by atoms with Crippen molar-refractivity contribution < 1.29 is 0 Å². The van der Waals surface area contributed by atoms with E-state index >= 15 is 0 Å². The number of nitrogens with one attached hydrogen (secondary N) is 1. The Balaban J connectivity index is 1.82. The Bertz CT molecular complexity index is 623. The Morgan fingerprint density at radius 2 is 2.23 bits per heavy atom. The third-order valence-electron chi connectivity index (χ3n) is 4.19. The van der Waals surface area contributed by atoms with Crippen LogP contribution >= 0.6 is 11.6 Å². The molecule has 3 rings (SSSR count). The Labute approximate surface area is 137 Å². The molecule has 1 saturated heterocycles. The first kappa shape index (κ1) is 15.5. The zero-order valence-corrected chi connectivity index (χ0v) is 13.9. The minimum absolute atomic E-state index is 0.350. The largest absolute Gasteiger partial charge is 0.314 e. The van der Waals surface area contributed by atoms with E-state index in [1.165, 1.54) is 11.3 Å².